The second kappa shape index (κ2) is 6.57. The minimum absolute atomic E-state index is 0.0958. The number of amides is 1. The van der Waals surface area contributed by atoms with Crippen LogP contribution in [0, 0.1) is 0 Å². The zero-order valence-corrected chi connectivity index (χ0v) is 10.0. The lowest BCUT2D eigenvalue weighted by Gasteiger charge is -2.20. The van der Waals surface area contributed by atoms with Crippen LogP contribution in [0.1, 0.15) is 23.7 Å². The van der Waals surface area contributed by atoms with E-state index in [0.717, 1.165) is 6.42 Å². The molecule has 1 N–H and O–H groups in total. The minimum Gasteiger partial charge on any atom is -0.358 e. The van der Waals surface area contributed by atoms with E-state index in [-0.39, 0.29) is 12.5 Å². The van der Waals surface area contributed by atoms with Gasteiger partial charge in [-0.25, -0.2) is 9.97 Å². The molecule has 1 rings (SSSR count). The molecular formula is C11H16N4O2. The molecule has 0 aliphatic rings. The first kappa shape index (κ1) is 13.1. The molecule has 1 aromatic rings. The summed E-state index contributed by atoms with van der Waals surface area (Å²) in [6, 6.07) is 0. The lowest BCUT2D eigenvalue weighted by atomic mass is 10.4. The van der Waals surface area contributed by atoms with E-state index in [4.69, 9.17) is 0 Å². The Hall–Kier alpha value is -1.98. The normalized spacial score (nSPS) is 9.76. The monoisotopic (exact) mass is 236 g/mol. The van der Waals surface area contributed by atoms with Crippen LogP contribution in [-0.4, -0.2) is 42.3 Å². The first-order chi connectivity index (χ1) is 8.21. The molecule has 0 radical (unpaired) electrons. The van der Waals surface area contributed by atoms with Gasteiger partial charge < -0.3 is 10.2 Å². The van der Waals surface area contributed by atoms with Gasteiger partial charge in [0.05, 0.1) is 12.1 Å². The predicted octanol–water partition coefficient (Wildman–Crippen LogP) is 0.251. The van der Waals surface area contributed by atoms with Gasteiger partial charge in [0.1, 0.15) is 0 Å². The third-order valence-corrected chi connectivity index (χ3v) is 2.18. The third-order valence-electron chi connectivity index (χ3n) is 2.18. The van der Waals surface area contributed by atoms with Gasteiger partial charge >= 0.3 is 0 Å². The molecule has 0 spiro atoms. The molecule has 0 aliphatic carbocycles. The molecule has 0 fully saturated rings. The van der Waals surface area contributed by atoms with Crippen molar-refractivity contribution in [1.82, 2.24) is 15.3 Å². The molecule has 17 heavy (non-hydrogen) atoms. The quantitative estimate of drug-likeness (QED) is 0.717. The average Bonchev–Trinajstić information content (AvgIpc) is 2.38. The maximum absolute atomic E-state index is 11.3. The number of hydrogen-bond donors (Lipinski definition) is 1. The summed E-state index contributed by atoms with van der Waals surface area (Å²) in [5.41, 5.74) is 0.421. The molecule has 0 saturated heterocycles. The number of aromatic nitrogens is 2. The standard InChI is InChI=1S/C11H16N4O2/c1-3-4-15(7-10(17)12-2)11-13-5-9(8-16)6-14-11/h5-6,8H,3-4,7H2,1-2H3,(H,12,17). The van der Waals surface area contributed by atoms with Crippen LogP contribution >= 0.6 is 0 Å². The highest BCUT2D eigenvalue weighted by atomic mass is 16.2. The molecule has 1 aromatic heterocycles. The van der Waals surface area contributed by atoms with Gasteiger partial charge in [-0.2, -0.15) is 0 Å². The van der Waals surface area contributed by atoms with Crippen molar-refractivity contribution in [3.8, 4) is 0 Å². The van der Waals surface area contributed by atoms with Crippen molar-refractivity contribution in [2.24, 2.45) is 0 Å². The summed E-state index contributed by atoms with van der Waals surface area (Å²) in [7, 11) is 1.59. The summed E-state index contributed by atoms with van der Waals surface area (Å²) in [5, 5.41) is 2.55. The van der Waals surface area contributed by atoms with E-state index < -0.39 is 0 Å². The van der Waals surface area contributed by atoms with Crippen LogP contribution in [0.5, 0.6) is 0 Å². The van der Waals surface area contributed by atoms with E-state index in [1.807, 2.05) is 6.92 Å². The number of nitrogens with one attached hydrogen (secondary N) is 1. The first-order valence-corrected chi connectivity index (χ1v) is 5.44. The Labute approximate surface area is 100 Å². The van der Waals surface area contributed by atoms with Crippen molar-refractivity contribution < 1.29 is 9.59 Å². The van der Waals surface area contributed by atoms with Gasteiger partial charge in [0.2, 0.25) is 11.9 Å². The number of rotatable bonds is 6. The van der Waals surface area contributed by atoms with Crippen LogP contribution in [0.2, 0.25) is 0 Å². The fourth-order valence-corrected chi connectivity index (χ4v) is 1.33. The van der Waals surface area contributed by atoms with Crippen LogP contribution in [0.3, 0.4) is 0 Å². The molecule has 0 unspecified atom stereocenters. The Balaban J connectivity index is 2.80. The molecule has 1 amide bonds. The molecule has 6 nitrogen and oxygen atoms in total. The summed E-state index contributed by atoms with van der Waals surface area (Å²) in [5.74, 6) is 0.363. The smallest absolute Gasteiger partial charge is 0.239 e. The predicted molar refractivity (Wildman–Crippen MR) is 64.0 cm³/mol. The van der Waals surface area contributed by atoms with Crippen molar-refractivity contribution in [1.29, 1.82) is 0 Å². The van der Waals surface area contributed by atoms with Crippen molar-refractivity contribution in [3.63, 3.8) is 0 Å². The Morgan fingerprint density at radius 2 is 2.12 bits per heavy atom. The molecule has 0 atom stereocenters. The number of carbonyl (C=O) groups is 2. The molecular weight excluding hydrogens is 220 g/mol. The van der Waals surface area contributed by atoms with Gasteiger partial charge in [-0.15, -0.1) is 0 Å². The van der Waals surface area contributed by atoms with Crippen molar-refractivity contribution in [3.05, 3.63) is 18.0 Å². The molecule has 6 heteroatoms. The van der Waals surface area contributed by atoms with Crippen molar-refractivity contribution in [2.75, 3.05) is 25.0 Å². The lowest BCUT2D eigenvalue weighted by Crippen LogP contribution is -2.37. The van der Waals surface area contributed by atoms with Crippen LogP contribution in [0.15, 0.2) is 12.4 Å². The highest BCUT2D eigenvalue weighted by molar-refractivity contribution is 5.80. The average molecular weight is 236 g/mol. The summed E-state index contributed by atoms with van der Waals surface area (Å²) in [6.07, 6.45) is 4.46. The highest BCUT2D eigenvalue weighted by Gasteiger charge is 2.12. The maximum atomic E-state index is 11.3. The number of anilines is 1. The lowest BCUT2D eigenvalue weighted by molar-refractivity contribution is -0.119. The summed E-state index contributed by atoms with van der Waals surface area (Å²) >= 11 is 0. The zero-order valence-electron chi connectivity index (χ0n) is 10.0. The van der Waals surface area contributed by atoms with Gasteiger partial charge in [-0.1, -0.05) is 6.92 Å². The largest absolute Gasteiger partial charge is 0.358 e. The second-order valence-electron chi connectivity index (χ2n) is 3.53. The van der Waals surface area contributed by atoms with E-state index in [0.29, 0.717) is 24.3 Å². The Kier molecular flexibility index (Phi) is 5.06. The Morgan fingerprint density at radius 3 is 2.59 bits per heavy atom. The number of aldehydes is 1. The van der Waals surface area contributed by atoms with Gasteiger partial charge in [0, 0.05) is 26.0 Å². The van der Waals surface area contributed by atoms with E-state index in [1.165, 1.54) is 12.4 Å². The number of nitrogens with zero attached hydrogens (tertiary/aromatic N) is 3. The molecule has 0 aromatic carbocycles. The highest BCUT2D eigenvalue weighted by Crippen LogP contribution is 2.06. The van der Waals surface area contributed by atoms with E-state index in [9.17, 15) is 9.59 Å². The van der Waals surface area contributed by atoms with E-state index >= 15 is 0 Å². The second-order valence-corrected chi connectivity index (χ2v) is 3.53. The van der Waals surface area contributed by atoms with Gasteiger partial charge in [-0.3, -0.25) is 9.59 Å². The van der Waals surface area contributed by atoms with E-state index in [2.05, 4.69) is 15.3 Å². The topological polar surface area (TPSA) is 75.2 Å². The fourth-order valence-electron chi connectivity index (χ4n) is 1.33. The fraction of sp³-hybridized carbons (Fsp3) is 0.455. The Bertz CT molecular complexity index is 378. The van der Waals surface area contributed by atoms with Crippen molar-refractivity contribution in [2.45, 2.75) is 13.3 Å². The molecule has 92 valence electrons. The zero-order chi connectivity index (χ0) is 12.7. The molecule has 0 bridgehead atoms. The van der Waals surface area contributed by atoms with Crippen LogP contribution in [0.25, 0.3) is 0 Å². The number of hydrogen-bond acceptors (Lipinski definition) is 5. The van der Waals surface area contributed by atoms with Gasteiger partial charge in [0.25, 0.3) is 0 Å². The van der Waals surface area contributed by atoms with Gasteiger partial charge in [0.15, 0.2) is 6.29 Å². The van der Waals surface area contributed by atoms with Crippen LogP contribution < -0.4 is 10.2 Å². The first-order valence-electron chi connectivity index (χ1n) is 5.44. The number of carbonyl (C=O) groups excluding carboxylic acids is 2. The van der Waals surface area contributed by atoms with Crippen LogP contribution in [-0.2, 0) is 4.79 Å². The van der Waals surface area contributed by atoms with Crippen LogP contribution in [0.4, 0.5) is 5.95 Å². The summed E-state index contributed by atoms with van der Waals surface area (Å²) in [4.78, 5) is 31.7. The third kappa shape index (κ3) is 3.82. The number of likely N-dealkylation sites (N-methyl/N-ethyl adjacent to an activating group) is 1. The van der Waals surface area contributed by atoms with Gasteiger partial charge in [-0.05, 0) is 6.42 Å². The Morgan fingerprint density at radius 1 is 1.47 bits per heavy atom. The molecule has 0 saturated carbocycles. The molecule has 1 heterocycles. The van der Waals surface area contributed by atoms with Crippen molar-refractivity contribution >= 4 is 18.1 Å². The van der Waals surface area contributed by atoms with E-state index in [1.54, 1.807) is 11.9 Å². The minimum atomic E-state index is -0.0958. The summed E-state index contributed by atoms with van der Waals surface area (Å²) < 4.78 is 0. The SMILES string of the molecule is CCCN(CC(=O)NC)c1ncc(C=O)cn1. The maximum Gasteiger partial charge on any atom is 0.239 e. The summed E-state index contributed by atoms with van der Waals surface area (Å²) in [6.45, 7) is 2.91. The molecule has 0 aliphatic heterocycles.